The Kier molecular flexibility index (Phi) is 5.56. The first-order valence-electron chi connectivity index (χ1n) is 14.2. The van der Waals surface area contributed by atoms with Crippen LogP contribution in [0.1, 0.15) is 78.2 Å². The highest BCUT2D eigenvalue weighted by Crippen LogP contribution is 2.77. The number of fused-ring (bicyclic) bond motifs is 1. The first-order chi connectivity index (χ1) is 16.3. The van der Waals surface area contributed by atoms with Crippen LogP contribution in [0, 0.1) is 51.8 Å². The van der Waals surface area contributed by atoms with E-state index in [1.165, 1.54) is 50.5 Å². The Balaban J connectivity index is 1.28. The van der Waals surface area contributed by atoms with E-state index < -0.39 is 0 Å². The van der Waals surface area contributed by atoms with E-state index in [0.29, 0.717) is 41.6 Å². The van der Waals surface area contributed by atoms with Crippen LogP contribution in [-0.4, -0.2) is 30.5 Å². The van der Waals surface area contributed by atoms with Gasteiger partial charge in [0, 0.05) is 6.61 Å². The van der Waals surface area contributed by atoms with Gasteiger partial charge in [-0.1, -0.05) is 64.4 Å². The molecule has 9 atom stereocenters. The van der Waals surface area contributed by atoms with Gasteiger partial charge in [-0.15, -0.1) is 0 Å². The third kappa shape index (κ3) is 3.05. The van der Waals surface area contributed by atoms with E-state index in [1.807, 2.05) is 0 Å². The van der Waals surface area contributed by atoms with Gasteiger partial charge in [0.25, 0.3) is 0 Å². The Bertz CT molecular complexity index is 899. The maximum Gasteiger partial charge on any atom is 0.0742 e. The van der Waals surface area contributed by atoms with Crippen molar-refractivity contribution in [1.82, 2.24) is 0 Å². The minimum Gasteiger partial charge on any atom is -0.396 e. The van der Waals surface area contributed by atoms with Gasteiger partial charge in [-0.25, -0.2) is 0 Å². The highest BCUT2D eigenvalue weighted by Gasteiger charge is 2.75. The molecule has 1 aliphatic heterocycles. The van der Waals surface area contributed by atoms with Gasteiger partial charge < -0.3 is 14.6 Å². The molecule has 1 aromatic carbocycles. The molecule has 1 N–H and O–H groups in total. The van der Waals surface area contributed by atoms with Gasteiger partial charge in [-0.05, 0) is 95.8 Å². The molecule has 1 aromatic rings. The molecule has 3 heteroatoms. The predicted molar refractivity (Wildman–Crippen MR) is 135 cm³/mol. The van der Waals surface area contributed by atoms with Crippen LogP contribution in [0.3, 0.4) is 0 Å². The van der Waals surface area contributed by atoms with Crippen molar-refractivity contribution < 1.29 is 14.6 Å². The number of ether oxygens (including phenoxy) is 2. The SMILES string of the molecule is CC(C)[C@@]12C[C@@]34CC[C@H]5[C@](C)(COCc6ccccc6)CCC[C@]5(C)[C@H]3C[C@@H]1[C@@H](CO2)[C@H]4CO. The molecule has 0 amide bonds. The quantitative estimate of drug-likeness (QED) is 0.521. The number of aliphatic hydroxyl groups excluding tert-OH is 1. The molecular formula is C31H46O3. The van der Waals surface area contributed by atoms with Crippen LogP contribution in [0.4, 0.5) is 0 Å². The lowest BCUT2D eigenvalue weighted by Crippen LogP contribution is -2.69. The number of hydrogen-bond acceptors (Lipinski definition) is 3. The molecule has 4 bridgehead atoms. The first kappa shape index (κ1) is 23.5. The second-order valence-corrected chi connectivity index (χ2v) is 13.8. The minimum atomic E-state index is 0.0623. The maximum atomic E-state index is 10.7. The first-order valence-corrected chi connectivity index (χ1v) is 14.2. The van der Waals surface area contributed by atoms with E-state index in [-0.39, 0.29) is 16.4 Å². The van der Waals surface area contributed by atoms with Crippen LogP contribution >= 0.6 is 0 Å². The van der Waals surface area contributed by atoms with E-state index in [9.17, 15) is 5.11 Å². The van der Waals surface area contributed by atoms with Crippen molar-refractivity contribution in [2.24, 2.45) is 51.8 Å². The normalized spacial score (nSPS) is 49.2. The molecule has 1 spiro atoms. The van der Waals surface area contributed by atoms with Gasteiger partial charge in [0.15, 0.2) is 0 Å². The molecule has 3 nitrogen and oxygen atoms in total. The van der Waals surface area contributed by atoms with E-state index >= 15 is 0 Å². The topological polar surface area (TPSA) is 38.7 Å². The van der Waals surface area contributed by atoms with Gasteiger partial charge in [-0.2, -0.15) is 0 Å². The smallest absolute Gasteiger partial charge is 0.0742 e. The molecule has 188 valence electrons. The fraction of sp³-hybridized carbons (Fsp3) is 0.806. The summed E-state index contributed by atoms with van der Waals surface area (Å²) in [4.78, 5) is 0. The van der Waals surface area contributed by atoms with E-state index in [0.717, 1.165) is 25.7 Å². The van der Waals surface area contributed by atoms with Crippen LogP contribution in [0.15, 0.2) is 30.3 Å². The standard InChI is InChI=1S/C31H46O3/c1-21(2)31-19-30-14-11-26-28(3,20-33-17-22-9-6-5-7-10-22)12-8-13-29(26,4)27(30)15-24(31)23(18-34-31)25(30)16-32/h5-7,9-10,21,23-27,32H,8,11-20H2,1-4H3/t23-,24-,25-,26+,27-,28+,29+,30-,31+/m1/s1. The van der Waals surface area contributed by atoms with Crippen molar-refractivity contribution in [3.63, 3.8) is 0 Å². The highest BCUT2D eigenvalue weighted by molar-refractivity contribution is 5.23. The Morgan fingerprint density at radius 1 is 1.09 bits per heavy atom. The van der Waals surface area contributed by atoms with Crippen LogP contribution < -0.4 is 0 Å². The monoisotopic (exact) mass is 466 g/mol. The van der Waals surface area contributed by atoms with Crippen molar-refractivity contribution in [2.45, 2.75) is 84.8 Å². The van der Waals surface area contributed by atoms with E-state index in [1.54, 1.807) is 0 Å². The average Bonchev–Trinajstić information content (AvgIpc) is 3.13. The molecule has 7 rings (SSSR count). The molecule has 0 radical (unpaired) electrons. The summed E-state index contributed by atoms with van der Waals surface area (Å²) < 4.78 is 13.1. The Labute approximate surface area is 207 Å². The zero-order valence-electron chi connectivity index (χ0n) is 21.9. The number of rotatable bonds is 6. The fourth-order valence-electron chi connectivity index (χ4n) is 10.9. The summed E-state index contributed by atoms with van der Waals surface area (Å²) in [6.07, 6.45) is 9.04. The van der Waals surface area contributed by atoms with Gasteiger partial charge in [0.2, 0.25) is 0 Å². The Morgan fingerprint density at radius 2 is 1.88 bits per heavy atom. The van der Waals surface area contributed by atoms with Crippen LogP contribution in [0.25, 0.3) is 0 Å². The molecule has 5 saturated carbocycles. The van der Waals surface area contributed by atoms with Crippen molar-refractivity contribution in [3.8, 4) is 0 Å². The highest BCUT2D eigenvalue weighted by atomic mass is 16.5. The zero-order chi connectivity index (χ0) is 23.8. The van der Waals surface area contributed by atoms with Gasteiger partial charge in [0.1, 0.15) is 0 Å². The molecule has 0 aromatic heterocycles. The lowest BCUT2D eigenvalue weighted by Gasteiger charge is -2.72. The van der Waals surface area contributed by atoms with Gasteiger partial charge in [0.05, 0.1) is 25.4 Å². The molecule has 6 fully saturated rings. The molecule has 34 heavy (non-hydrogen) atoms. The summed E-state index contributed by atoms with van der Waals surface area (Å²) in [6, 6.07) is 10.6. The summed E-state index contributed by atoms with van der Waals surface area (Å²) in [7, 11) is 0. The lowest BCUT2D eigenvalue weighted by molar-refractivity contribution is -0.262. The fourth-order valence-corrected chi connectivity index (χ4v) is 10.9. The van der Waals surface area contributed by atoms with Crippen LogP contribution in [0.5, 0.6) is 0 Å². The van der Waals surface area contributed by atoms with Crippen LogP contribution in [-0.2, 0) is 16.1 Å². The van der Waals surface area contributed by atoms with Crippen molar-refractivity contribution in [2.75, 3.05) is 19.8 Å². The number of benzene rings is 1. The molecule has 6 aliphatic rings. The van der Waals surface area contributed by atoms with Crippen molar-refractivity contribution in [3.05, 3.63) is 35.9 Å². The molecule has 1 heterocycles. The van der Waals surface area contributed by atoms with E-state index in [4.69, 9.17) is 9.47 Å². The zero-order valence-corrected chi connectivity index (χ0v) is 21.9. The van der Waals surface area contributed by atoms with Gasteiger partial charge >= 0.3 is 0 Å². The second kappa shape index (κ2) is 8.05. The summed E-state index contributed by atoms with van der Waals surface area (Å²) in [5.41, 5.74) is 2.21. The molecule has 1 saturated heterocycles. The third-order valence-electron chi connectivity index (χ3n) is 12.2. The van der Waals surface area contributed by atoms with Crippen molar-refractivity contribution in [1.29, 1.82) is 0 Å². The summed E-state index contributed by atoms with van der Waals surface area (Å²) in [5.74, 6) is 3.64. The number of aliphatic hydroxyl groups is 1. The second-order valence-electron chi connectivity index (χ2n) is 13.8. The van der Waals surface area contributed by atoms with E-state index in [2.05, 4.69) is 58.0 Å². The average molecular weight is 467 g/mol. The summed E-state index contributed by atoms with van der Waals surface area (Å²) >= 11 is 0. The van der Waals surface area contributed by atoms with Gasteiger partial charge in [-0.3, -0.25) is 0 Å². The summed E-state index contributed by atoms with van der Waals surface area (Å²) in [6.45, 7) is 12.8. The Hall–Kier alpha value is -0.900. The van der Waals surface area contributed by atoms with Crippen LogP contribution in [0.2, 0.25) is 0 Å². The molecule has 0 unspecified atom stereocenters. The Morgan fingerprint density at radius 3 is 2.62 bits per heavy atom. The largest absolute Gasteiger partial charge is 0.396 e. The molecule has 5 aliphatic carbocycles. The predicted octanol–water partition coefficient (Wildman–Crippen LogP) is 6.49. The summed E-state index contributed by atoms with van der Waals surface area (Å²) in [5, 5.41) is 10.7. The minimum absolute atomic E-state index is 0.0623. The number of hydrogen-bond donors (Lipinski definition) is 1. The maximum absolute atomic E-state index is 10.7. The van der Waals surface area contributed by atoms with Crippen molar-refractivity contribution >= 4 is 0 Å². The molecular weight excluding hydrogens is 420 g/mol. The third-order valence-corrected chi connectivity index (χ3v) is 12.2. The lowest BCUT2D eigenvalue weighted by atomic mass is 9.32.